The molecule has 0 heterocycles. The monoisotopic (exact) mass is 222 g/mol. The van der Waals surface area contributed by atoms with Gasteiger partial charge < -0.3 is 5.73 Å². The maximum absolute atomic E-state index is 13.5. The summed E-state index contributed by atoms with van der Waals surface area (Å²) in [5, 5.41) is 0. The van der Waals surface area contributed by atoms with Gasteiger partial charge in [0.15, 0.2) is 0 Å². The number of rotatable bonds is 2. The third-order valence-electron chi connectivity index (χ3n) is 2.46. The van der Waals surface area contributed by atoms with E-state index in [2.05, 4.69) is 4.99 Å². The molecule has 0 aliphatic rings. The second-order valence-electron chi connectivity index (χ2n) is 4.96. The standard InChI is InChI=1S/C13H19FN2/c1-9(16-12(15)13(2,3)4)10-7-5-6-8-11(10)14/h5-9H,1-4H3,(H2,15,16). The van der Waals surface area contributed by atoms with Gasteiger partial charge in [-0.15, -0.1) is 0 Å². The molecule has 2 N–H and O–H groups in total. The molecule has 0 saturated heterocycles. The molecule has 0 aliphatic carbocycles. The van der Waals surface area contributed by atoms with Crippen LogP contribution in [0.5, 0.6) is 0 Å². The molecule has 1 atom stereocenters. The zero-order valence-electron chi connectivity index (χ0n) is 10.3. The molecule has 1 aromatic carbocycles. The molecule has 88 valence electrons. The summed E-state index contributed by atoms with van der Waals surface area (Å²) < 4.78 is 13.5. The Morgan fingerprint density at radius 1 is 1.31 bits per heavy atom. The van der Waals surface area contributed by atoms with Crippen LogP contribution in [0.1, 0.15) is 39.3 Å². The Labute approximate surface area is 96.4 Å². The van der Waals surface area contributed by atoms with E-state index < -0.39 is 0 Å². The number of nitrogens with zero attached hydrogens (tertiary/aromatic N) is 1. The van der Waals surface area contributed by atoms with Crippen LogP contribution in [0.25, 0.3) is 0 Å². The Balaban J connectivity index is 2.97. The molecule has 0 bridgehead atoms. The van der Waals surface area contributed by atoms with Crippen molar-refractivity contribution in [1.29, 1.82) is 0 Å². The highest BCUT2D eigenvalue weighted by molar-refractivity contribution is 5.85. The average molecular weight is 222 g/mol. The smallest absolute Gasteiger partial charge is 0.128 e. The normalized spacial score (nSPS) is 14.9. The van der Waals surface area contributed by atoms with Crippen molar-refractivity contribution in [3.8, 4) is 0 Å². The number of aliphatic imine (C=N–C) groups is 1. The number of hydrogen-bond donors (Lipinski definition) is 1. The topological polar surface area (TPSA) is 38.4 Å². The first kappa shape index (κ1) is 12.7. The highest BCUT2D eigenvalue weighted by Gasteiger charge is 2.17. The number of hydrogen-bond acceptors (Lipinski definition) is 1. The highest BCUT2D eigenvalue weighted by atomic mass is 19.1. The third-order valence-corrected chi connectivity index (χ3v) is 2.46. The van der Waals surface area contributed by atoms with Crippen LogP contribution in [0.3, 0.4) is 0 Å². The summed E-state index contributed by atoms with van der Waals surface area (Å²) in [5.41, 5.74) is 6.26. The molecule has 0 fully saturated rings. The number of amidine groups is 1. The summed E-state index contributed by atoms with van der Waals surface area (Å²) in [6.45, 7) is 7.80. The van der Waals surface area contributed by atoms with E-state index in [-0.39, 0.29) is 17.3 Å². The van der Waals surface area contributed by atoms with Crippen molar-refractivity contribution >= 4 is 5.84 Å². The van der Waals surface area contributed by atoms with E-state index in [1.54, 1.807) is 18.2 Å². The fraction of sp³-hybridized carbons (Fsp3) is 0.462. The van der Waals surface area contributed by atoms with Gasteiger partial charge in [0, 0.05) is 11.0 Å². The van der Waals surface area contributed by atoms with Gasteiger partial charge in [-0.2, -0.15) is 0 Å². The molecule has 0 aliphatic heterocycles. The van der Waals surface area contributed by atoms with Crippen LogP contribution in [-0.2, 0) is 0 Å². The van der Waals surface area contributed by atoms with Crippen LogP contribution in [0.4, 0.5) is 4.39 Å². The number of nitrogens with two attached hydrogens (primary N) is 1. The minimum Gasteiger partial charge on any atom is -0.387 e. The van der Waals surface area contributed by atoms with Crippen LogP contribution >= 0.6 is 0 Å². The summed E-state index contributed by atoms with van der Waals surface area (Å²) in [4.78, 5) is 4.33. The molecule has 1 unspecified atom stereocenters. The summed E-state index contributed by atoms with van der Waals surface area (Å²) >= 11 is 0. The Hall–Kier alpha value is -1.38. The van der Waals surface area contributed by atoms with E-state index in [1.807, 2.05) is 27.7 Å². The van der Waals surface area contributed by atoms with Crippen molar-refractivity contribution in [2.75, 3.05) is 0 Å². The first-order valence-corrected chi connectivity index (χ1v) is 5.40. The predicted molar refractivity (Wildman–Crippen MR) is 65.9 cm³/mol. The molecule has 16 heavy (non-hydrogen) atoms. The molecular formula is C13H19FN2. The molecule has 0 radical (unpaired) electrons. The van der Waals surface area contributed by atoms with E-state index in [9.17, 15) is 4.39 Å². The molecule has 1 aromatic rings. The van der Waals surface area contributed by atoms with Gasteiger partial charge in [-0.3, -0.25) is 4.99 Å². The van der Waals surface area contributed by atoms with Crippen LogP contribution in [-0.4, -0.2) is 5.84 Å². The van der Waals surface area contributed by atoms with Gasteiger partial charge in [0.05, 0.1) is 11.9 Å². The largest absolute Gasteiger partial charge is 0.387 e. The van der Waals surface area contributed by atoms with Gasteiger partial charge >= 0.3 is 0 Å². The minimum atomic E-state index is -0.250. The lowest BCUT2D eigenvalue weighted by Crippen LogP contribution is -2.29. The van der Waals surface area contributed by atoms with Gasteiger partial charge in [0.25, 0.3) is 0 Å². The van der Waals surface area contributed by atoms with Gasteiger partial charge in [-0.25, -0.2) is 4.39 Å². The van der Waals surface area contributed by atoms with Crippen LogP contribution in [0.15, 0.2) is 29.3 Å². The summed E-state index contributed by atoms with van der Waals surface area (Å²) in [6.07, 6.45) is 0. The molecule has 0 aromatic heterocycles. The van der Waals surface area contributed by atoms with Crippen LogP contribution in [0.2, 0.25) is 0 Å². The van der Waals surface area contributed by atoms with Crippen molar-refractivity contribution in [3.63, 3.8) is 0 Å². The van der Waals surface area contributed by atoms with E-state index in [4.69, 9.17) is 5.73 Å². The molecule has 1 rings (SSSR count). The summed E-state index contributed by atoms with van der Waals surface area (Å²) in [6, 6.07) is 6.40. The Morgan fingerprint density at radius 3 is 2.38 bits per heavy atom. The van der Waals surface area contributed by atoms with Crippen molar-refractivity contribution in [2.24, 2.45) is 16.1 Å². The van der Waals surface area contributed by atoms with Crippen molar-refractivity contribution in [3.05, 3.63) is 35.6 Å². The molecule has 3 heteroatoms. The number of halogens is 1. The zero-order chi connectivity index (χ0) is 12.3. The lowest BCUT2D eigenvalue weighted by atomic mass is 9.95. The van der Waals surface area contributed by atoms with E-state index >= 15 is 0 Å². The summed E-state index contributed by atoms with van der Waals surface area (Å²) in [5.74, 6) is 0.309. The fourth-order valence-electron chi connectivity index (χ4n) is 1.29. The van der Waals surface area contributed by atoms with Crippen molar-refractivity contribution in [2.45, 2.75) is 33.7 Å². The minimum absolute atomic E-state index is 0.181. The Morgan fingerprint density at radius 2 is 1.88 bits per heavy atom. The van der Waals surface area contributed by atoms with E-state index in [1.165, 1.54) is 6.07 Å². The van der Waals surface area contributed by atoms with E-state index in [0.29, 0.717) is 11.4 Å². The van der Waals surface area contributed by atoms with Gasteiger partial charge in [0.2, 0.25) is 0 Å². The van der Waals surface area contributed by atoms with Crippen LogP contribution < -0.4 is 5.73 Å². The molecule has 2 nitrogen and oxygen atoms in total. The Bertz CT molecular complexity index is 391. The number of benzene rings is 1. The lowest BCUT2D eigenvalue weighted by Gasteiger charge is -2.19. The van der Waals surface area contributed by atoms with Gasteiger partial charge in [0.1, 0.15) is 5.82 Å². The SMILES string of the molecule is CC(N=C(N)C(C)(C)C)c1ccccc1F. The predicted octanol–water partition coefficient (Wildman–Crippen LogP) is 3.29. The van der Waals surface area contributed by atoms with Gasteiger partial charge in [-0.1, -0.05) is 39.0 Å². The lowest BCUT2D eigenvalue weighted by molar-refractivity contribution is 0.565. The quantitative estimate of drug-likeness (QED) is 0.605. The zero-order valence-corrected chi connectivity index (χ0v) is 10.3. The molecule has 0 saturated carbocycles. The molecular weight excluding hydrogens is 203 g/mol. The Kier molecular flexibility index (Phi) is 3.68. The van der Waals surface area contributed by atoms with Gasteiger partial charge in [-0.05, 0) is 13.0 Å². The van der Waals surface area contributed by atoms with Crippen molar-refractivity contribution < 1.29 is 4.39 Å². The maximum Gasteiger partial charge on any atom is 0.128 e. The molecule has 0 spiro atoms. The second-order valence-corrected chi connectivity index (χ2v) is 4.96. The summed E-state index contributed by atoms with van der Waals surface area (Å²) in [7, 11) is 0. The highest BCUT2D eigenvalue weighted by Crippen LogP contribution is 2.22. The van der Waals surface area contributed by atoms with Crippen molar-refractivity contribution in [1.82, 2.24) is 0 Å². The van der Waals surface area contributed by atoms with E-state index in [0.717, 1.165) is 0 Å². The third kappa shape index (κ3) is 3.05. The maximum atomic E-state index is 13.5. The first-order chi connectivity index (χ1) is 7.32. The molecule has 0 amide bonds. The fourth-order valence-corrected chi connectivity index (χ4v) is 1.29. The van der Waals surface area contributed by atoms with Crippen LogP contribution in [0, 0.1) is 11.2 Å². The average Bonchev–Trinajstić information content (AvgIpc) is 2.16. The second kappa shape index (κ2) is 4.64. The first-order valence-electron chi connectivity index (χ1n) is 5.40.